The lowest BCUT2D eigenvalue weighted by atomic mass is 10.0. The molecule has 14 nitrogen and oxygen atoms in total. The van der Waals surface area contributed by atoms with Crippen LogP contribution in [0.25, 0.3) is 26.7 Å². The van der Waals surface area contributed by atoms with Gasteiger partial charge in [-0.05, 0) is 86.5 Å². The third kappa shape index (κ3) is 8.34. The van der Waals surface area contributed by atoms with Crippen LogP contribution >= 0.6 is 11.6 Å². The van der Waals surface area contributed by atoms with E-state index in [4.69, 9.17) is 32.5 Å². The molecule has 2 aliphatic rings. The molecule has 2 aliphatic heterocycles. The minimum absolute atomic E-state index is 0.0794. The number of rotatable bonds is 9. The van der Waals surface area contributed by atoms with Crippen LogP contribution in [0, 0.1) is 6.07 Å². The molecule has 6 heterocycles. The second kappa shape index (κ2) is 16.5. The number of carbonyl (C=O) groups is 2. The summed E-state index contributed by atoms with van der Waals surface area (Å²) in [6.45, 7) is 7.06. The van der Waals surface area contributed by atoms with Crippen molar-refractivity contribution in [2.45, 2.75) is 78.5 Å². The van der Waals surface area contributed by atoms with Crippen molar-refractivity contribution in [3.63, 3.8) is 0 Å². The molecule has 2 aromatic carbocycles. The van der Waals surface area contributed by atoms with Gasteiger partial charge in [0.25, 0.3) is 18.4 Å². The molecule has 312 valence electrons. The fourth-order valence-corrected chi connectivity index (χ4v) is 7.63. The molecule has 18 heteroatoms. The van der Waals surface area contributed by atoms with E-state index in [2.05, 4.69) is 36.1 Å². The van der Waals surface area contributed by atoms with Gasteiger partial charge in [0.2, 0.25) is 0 Å². The van der Waals surface area contributed by atoms with Crippen LogP contribution in [0.4, 0.5) is 24.8 Å². The van der Waals surface area contributed by atoms with E-state index < -0.39 is 23.8 Å². The Hall–Kier alpha value is -6.48. The minimum atomic E-state index is -4.67. The Morgan fingerprint density at radius 2 is 1.44 bits per heavy atom. The Bertz CT molecular complexity index is 2780. The smallest absolute Gasteiger partial charge is 0.383 e. The van der Waals surface area contributed by atoms with Crippen LogP contribution in [0.2, 0.25) is 5.02 Å². The van der Waals surface area contributed by atoms with Crippen LogP contribution in [0.15, 0.2) is 60.8 Å². The van der Waals surface area contributed by atoms with Gasteiger partial charge < -0.3 is 30.7 Å². The topological polar surface area (TPSA) is 180 Å². The number of hydrogen-bond acceptors (Lipinski definition) is 11. The van der Waals surface area contributed by atoms with Crippen molar-refractivity contribution in [3.05, 3.63) is 127 Å². The van der Waals surface area contributed by atoms with Gasteiger partial charge in [-0.3, -0.25) is 14.6 Å². The lowest BCUT2D eigenvalue weighted by Gasteiger charge is -2.27. The summed E-state index contributed by atoms with van der Waals surface area (Å²) >= 11 is 6.65. The van der Waals surface area contributed by atoms with Crippen molar-refractivity contribution in [2.24, 2.45) is 0 Å². The highest BCUT2D eigenvalue weighted by molar-refractivity contribution is 6.34. The van der Waals surface area contributed by atoms with Crippen LogP contribution < -0.4 is 11.5 Å². The number of pyridine rings is 3. The van der Waals surface area contributed by atoms with Gasteiger partial charge in [0, 0.05) is 39.7 Å². The number of alkyl halides is 3. The molecule has 0 spiro atoms. The Kier molecular flexibility index (Phi) is 11.2. The van der Waals surface area contributed by atoms with Crippen molar-refractivity contribution in [3.8, 4) is 6.07 Å². The first-order valence-electron chi connectivity index (χ1n) is 19.3. The molecule has 6 aromatic rings. The maximum Gasteiger partial charge on any atom is 0.435 e. The predicted octanol–water partition coefficient (Wildman–Crippen LogP) is 7.33. The third-order valence-corrected chi connectivity index (χ3v) is 11.1. The number of anilines is 2. The van der Waals surface area contributed by atoms with Gasteiger partial charge in [0.1, 0.15) is 23.2 Å². The lowest BCUT2D eigenvalue weighted by molar-refractivity contribution is -0.141. The van der Waals surface area contributed by atoms with E-state index in [1.165, 1.54) is 11.0 Å². The maximum absolute atomic E-state index is 14.2. The SMILES string of the molecule is CC(C)N(Cc1ccc(C#[N+]CC(C)N(Cc2ccc(C(F)(F)F)nn2)C(=O)c2ccc3nc(N)c4c(c3c2)COC4)cn1)C(=O)c1cc2c3c(c(N)nc2cc1Cl)COC3. The Morgan fingerprint density at radius 1 is 0.803 bits per heavy atom. The molecule has 1 atom stereocenters. The Labute approximate surface area is 352 Å². The van der Waals surface area contributed by atoms with E-state index in [1.54, 1.807) is 60.5 Å². The number of ether oxygens (including phenoxy) is 2. The molecule has 0 saturated carbocycles. The number of aromatic nitrogens is 5. The largest absolute Gasteiger partial charge is 0.435 e. The van der Waals surface area contributed by atoms with Crippen LogP contribution in [0.3, 0.4) is 0 Å². The van der Waals surface area contributed by atoms with E-state index in [0.717, 1.165) is 39.1 Å². The van der Waals surface area contributed by atoms with E-state index >= 15 is 0 Å². The van der Waals surface area contributed by atoms with Crippen molar-refractivity contribution < 1.29 is 32.2 Å². The highest BCUT2D eigenvalue weighted by Gasteiger charge is 2.34. The molecule has 0 aliphatic carbocycles. The second-order valence-corrected chi connectivity index (χ2v) is 15.6. The number of benzene rings is 2. The summed E-state index contributed by atoms with van der Waals surface area (Å²) in [4.78, 5) is 49.3. The molecule has 0 bridgehead atoms. The average Bonchev–Trinajstić information content (AvgIpc) is 3.94. The highest BCUT2D eigenvalue weighted by atomic mass is 35.5. The fraction of sp³-hybridized carbons (Fsp3) is 0.302. The monoisotopic (exact) mass is 851 g/mol. The van der Waals surface area contributed by atoms with Gasteiger partial charge in [-0.15, -0.1) is 5.10 Å². The normalized spacial score (nSPS) is 13.8. The predicted molar refractivity (Wildman–Crippen MR) is 221 cm³/mol. The molecular weight excluding hydrogens is 813 g/mol. The van der Waals surface area contributed by atoms with Crippen LogP contribution in [-0.4, -0.2) is 65.4 Å². The summed E-state index contributed by atoms with van der Waals surface area (Å²) in [7, 11) is 0. The molecule has 8 rings (SSSR count). The standard InChI is InChI=1S/C43H38ClF3N10O4/c1-22(2)56(42(59)30-11-29-32-19-61-21-34(32)40(49)53-37(29)12-35(30)44)16-26-6-4-24(15-51-26)14-50-13-23(3)57(17-27-7-9-38(55-54-27)43(45,46)47)41(58)25-5-8-36-28(10-25)31-18-60-20-33(31)39(48)52-36/h4-12,15,22-23H,13,16-21H2,1-3H3,(H3-,48,49,52,53,58,59)/p+1. The quantitative estimate of drug-likeness (QED) is 0.149. The number of nitrogens with zero attached hydrogens (tertiary/aromatic N) is 8. The second-order valence-electron chi connectivity index (χ2n) is 15.2. The number of amides is 2. The van der Waals surface area contributed by atoms with Gasteiger partial charge in [-0.1, -0.05) is 16.4 Å². The van der Waals surface area contributed by atoms with Crippen molar-refractivity contribution >= 4 is 56.9 Å². The van der Waals surface area contributed by atoms with Gasteiger partial charge in [-0.25, -0.2) is 9.97 Å². The lowest BCUT2D eigenvalue weighted by Crippen LogP contribution is -2.40. The summed E-state index contributed by atoms with van der Waals surface area (Å²) < 4.78 is 51.0. The summed E-state index contributed by atoms with van der Waals surface area (Å²) in [6.07, 6.45) is -3.09. The Morgan fingerprint density at radius 3 is 2.07 bits per heavy atom. The molecule has 1 unspecified atom stereocenters. The van der Waals surface area contributed by atoms with Gasteiger partial charge in [-0.2, -0.15) is 18.3 Å². The molecule has 2 amide bonds. The van der Waals surface area contributed by atoms with E-state index in [9.17, 15) is 22.8 Å². The number of carbonyl (C=O) groups excluding carboxylic acids is 2. The first-order chi connectivity index (χ1) is 29.2. The highest BCUT2D eigenvalue weighted by Crippen LogP contribution is 2.35. The molecule has 4 aromatic heterocycles. The molecule has 0 radical (unpaired) electrons. The van der Waals surface area contributed by atoms with Crippen molar-refractivity contribution in [1.29, 1.82) is 0 Å². The molecular formula is C43H39ClF3N10O4+. The van der Waals surface area contributed by atoms with E-state index in [1.807, 2.05) is 13.8 Å². The first kappa shape index (κ1) is 41.3. The summed E-state index contributed by atoms with van der Waals surface area (Å²) in [5.41, 5.74) is 17.6. The van der Waals surface area contributed by atoms with Crippen LogP contribution in [0.1, 0.15) is 86.4 Å². The van der Waals surface area contributed by atoms with E-state index in [0.29, 0.717) is 71.5 Å². The van der Waals surface area contributed by atoms with Gasteiger partial charge in [0.15, 0.2) is 5.69 Å². The van der Waals surface area contributed by atoms with Gasteiger partial charge >= 0.3 is 12.2 Å². The van der Waals surface area contributed by atoms with Crippen LogP contribution in [0.5, 0.6) is 0 Å². The zero-order valence-electron chi connectivity index (χ0n) is 33.3. The third-order valence-electron chi connectivity index (χ3n) is 10.8. The molecule has 61 heavy (non-hydrogen) atoms. The molecule has 0 fully saturated rings. The van der Waals surface area contributed by atoms with Crippen molar-refractivity contribution in [1.82, 2.24) is 34.9 Å². The molecule has 0 saturated heterocycles. The number of nitrogens with two attached hydrogens (primary N) is 2. The zero-order chi connectivity index (χ0) is 43.2. The summed E-state index contributed by atoms with van der Waals surface area (Å²) in [5.74, 6) is 0.0712. The minimum Gasteiger partial charge on any atom is -0.383 e. The number of hydrogen-bond donors (Lipinski definition) is 2. The number of halogens is 4. The van der Waals surface area contributed by atoms with Crippen LogP contribution in [-0.2, 0) is 55.2 Å². The average molecular weight is 852 g/mol. The zero-order valence-corrected chi connectivity index (χ0v) is 34.0. The fourth-order valence-electron chi connectivity index (χ4n) is 7.39. The number of fused-ring (bicyclic) bond motifs is 6. The van der Waals surface area contributed by atoms with Crippen molar-refractivity contribution in [2.75, 3.05) is 18.0 Å². The Balaban J connectivity index is 0.995. The first-order valence-corrected chi connectivity index (χ1v) is 19.7. The maximum atomic E-state index is 14.2. The number of nitrogen functional groups attached to an aromatic ring is 2. The summed E-state index contributed by atoms with van der Waals surface area (Å²) in [5, 5.41) is 8.86. The van der Waals surface area contributed by atoms with Gasteiger partial charge in [0.05, 0.1) is 72.5 Å². The summed E-state index contributed by atoms with van der Waals surface area (Å²) in [6, 6.07) is 16.2. The van der Waals surface area contributed by atoms with E-state index in [-0.39, 0.29) is 42.3 Å². The molecule has 4 N–H and O–H groups in total.